The second-order valence-electron chi connectivity index (χ2n) is 6.80. The van der Waals surface area contributed by atoms with Crippen molar-refractivity contribution in [2.45, 2.75) is 60.8 Å². The lowest BCUT2D eigenvalue weighted by Gasteiger charge is -2.42. The molecule has 0 aliphatic heterocycles. The molecule has 1 aliphatic rings. The third-order valence-electron chi connectivity index (χ3n) is 4.32. The zero-order valence-corrected chi connectivity index (χ0v) is 12.4. The lowest BCUT2D eigenvalue weighted by atomic mass is 9.63. The van der Waals surface area contributed by atoms with Crippen LogP contribution in [0, 0.1) is 28.6 Å². The van der Waals surface area contributed by atoms with Gasteiger partial charge in [-0.15, -0.1) is 0 Å². The third-order valence-corrected chi connectivity index (χ3v) is 4.32. The van der Waals surface area contributed by atoms with Crippen LogP contribution in [0.1, 0.15) is 60.8 Å². The van der Waals surface area contributed by atoms with Gasteiger partial charge in [-0.3, -0.25) is 0 Å². The van der Waals surface area contributed by atoms with Crippen molar-refractivity contribution in [2.75, 3.05) is 0 Å². The van der Waals surface area contributed by atoms with E-state index in [1.54, 1.807) is 0 Å². The summed E-state index contributed by atoms with van der Waals surface area (Å²) in [5.41, 5.74) is 2.12. The van der Waals surface area contributed by atoms with E-state index in [0.717, 1.165) is 36.3 Å². The van der Waals surface area contributed by atoms with Crippen molar-refractivity contribution in [2.24, 2.45) is 23.2 Å². The van der Waals surface area contributed by atoms with Crippen LogP contribution in [0.25, 0.3) is 0 Å². The smallest absolute Gasteiger partial charge is 0.0396 e. The first-order valence-electron chi connectivity index (χ1n) is 7.05. The summed E-state index contributed by atoms with van der Waals surface area (Å²) >= 11 is 0. The van der Waals surface area contributed by atoms with Gasteiger partial charge in [-0.05, 0) is 42.6 Å². The largest absolute Gasteiger partial charge is 0.304 e. The van der Waals surface area contributed by atoms with Crippen molar-refractivity contribution in [3.63, 3.8) is 0 Å². The summed E-state index contributed by atoms with van der Waals surface area (Å²) in [6.07, 6.45) is 5.78. The Bertz CT molecular complexity index is 306. The fourth-order valence-corrected chi connectivity index (χ4v) is 2.74. The molecule has 0 bridgehead atoms. The van der Waals surface area contributed by atoms with E-state index >= 15 is 0 Å². The minimum atomic E-state index is -0.0143. The Morgan fingerprint density at radius 1 is 1.29 bits per heavy atom. The van der Waals surface area contributed by atoms with Gasteiger partial charge in [-0.2, -0.15) is 0 Å². The van der Waals surface area contributed by atoms with Crippen LogP contribution >= 0.6 is 0 Å². The number of hydrogen-bond acceptors (Lipinski definition) is 1. The Morgan fingerprint density at radius 3 is 2.24 bits per heavy atom. The van der Waals surface area contributed by atoms with Gasteiger partial charge in [0.15, 0.2) is 0 Å². The van der Waals surface area contributed by atoms with E-state index in [9.17, 15) is 0 Å². The molecule has 0 aromatic rings. The van der Waals surface area contributed by atoms with Crippen molar-refractivity contribution in [1.29, 1.82) is 5.41 Å². The highest BCUT2D eigenvalue weighted by molar-refractivity contribution is 6.01. The Kier molecular flexibility index (Phi) is 4.57. The van der Waals surface area contributed by atoms with E-state index in [2.05, 4.69) is 47.6 Å². The number of allylic oxidation sites excluding steroid dienone is 2. The highest BCUT2D eigenvalue weighted by atomic mass is 14.5. The predicted octanol–water partition coefficient (Wildman–Crippen LogP) is 5.07. The van der Waals surface area contributed by atoms with Gasteiger partial charge in [-0.1, -0.05) is 47.6 Å². The number of hydrogen-bond donors (Lipinski definition) is 1. The molecule has 0 aromatic carbocycles. The standard InChI is InChI=1S/C16H29N/c1-7-8-13(15(17)16(4,5)6)10-14-9-11(2)12(14)3/h8,11-12,14,17H,7,9-10H2,1-6H3/b13-8-,17-15?. The predicted molar refractivity (Wildman–Crippen MR) is 76.6 cm³/mol. The molecular formula is C16H29N. The first kappa shape index (κ1) is 14.5. The number of nitrogens with one attached hydrogen (secondary N) is 1. The van der Waals surface area contributed by atoms with Crippen LogP contribution in [-0.4, -0.2) is 5.71 Å². The molecule has 1 aliphatic carbocycles. The molecule has 0 spiro atoms. The van der Waals surface area contributed by atoms with Crippen molar-refractivity contribution in [3.05, 3.63) is 11.6 Å². The van der Waals surface area contributed by atoms with Gasteiger partial charge in [-0.25, -0.2) is 0 Å². The van der Waals surface area contributed by atoms with Gasteiger partial charge < -0.3 is 5.41 Å². The minimum absolute atomic E-state index is 0.0143. The van der Waals surface area contributed by atoms with E-state index in [1.807, 2.05) is 0 Å². The van der Waals surface area contributed by atoms with E-state index in [-0.39, 0.29) is 5.41 Å². The molecule has 0 amide bonds. The molecule has 1 fully saturated rings. The Morgan fingerprint density at radius 2 is 1.88 bits per heavy atom. The second-order valence-corrected chi connectivity index (χ2v) is 6.80. The lowest BCUT2D eigenvalue weighted by molar-refractivity contribution is 0.104. The second kappa shape index (κ2) is 5.37. The maximum atomic E-state index is 8.34. The summed E-state index contributed by atoms with van der Waals surface area (Å²) < 4.78 is 0. The molecule has 0 heterocycles. The van der Waals surface area contributed by atoms with Crippen LogP contribution < -0.4 is 0 Å². The van der Waals surface area contributed by atoms with E-state index in [4.69, 9.17) is 5.41 Å². The van der Waals surface area contributed by atoms with Gasteiger partial charge >= 0.3 is 0 Å². The van der Waals surface area contributed by atoms with Crippen LogP contribution in [0.2, 0.25) is 0 Å². The van der Waals surface area contributed by atoms with Crippen molar-refractivity contribution in [3.8, 4) is 0 Å². The SMILES string of the molecule is CC/C=C(/CC1CC(C)C1C)C(=N)C(C)(C)C. The maximum absolute atomic E-state index is 8.34. The normalized spacial score (nSPS) is 30.0. The van der Waals surface area contributed by atoms with Crippen LogP contribution in [0.4, 0.5) is 0 Å². The average molecular weight is 235 g/mol. The molecule has 1 N–H and O–H groups in total. The summed E-state index contributed by atoms with van der Waals surface area (Å²) in [5.74, 6) is 2.53. The maximum Gasteiger partial charge on any atom is 0.0396 e. The molecule has 17 heavy (non-hydrogen) atoms. The molecule has 98 valence electrons. The molecule has 3 atom stereocenters. The zero-order chi connectivity index (χ0) is 13.2. The van der Waals surface area contributed by atoms with Gasteiger partial charge in [0.05, 0.1) is 0 Å². The quantitative estimate of drug-likeness (QED) is 0.658. The summed E-state index contributed by atoms with van der Waals surface area (Å²) in [4.78, 5) is 0. The highest BCUT2D eigenvalue weighted by Crippen LogP contribution is 2.44. The molecule has 3 unspecified atom stereocenters. The Labute approximate surface area is 107 Å². The summed E-state index contributed by atoms with van der Waals surface area (Å²) in [6.45, 7) is 13.3. The van der Waals surface area contributed by atoms with E-state index in [1.165, 1.54) is 12.0 Å². The number of rotatable bonds is 4. The van der Waals surface area contributed by atoms with Crippen LogP contribution in [0.3, 0.4) is 0 Å². The Hall–Kier alpha value is -0.590. The average Bonchev–Trinajstić information content (AvgIpc) is 2.24. The fraction of sp³-hybridized carbons (Fsp3) is 0.812. The van der Waals surface area contributed by atoms with Gasteiger partial charge in [0.2, 0.25) is 0 Å². The third kappa shape index (κ3) is 3.43. The minimum Gasteiger partial charge on any atom is -0.304 e. The van der Waals surface area contributed by atoms with Crippen molar-refractivity contribution < 1.29 is 0 Å². The molecule has 0 radical (unpaired) electrons. The summed E-state index contributed by atoms with van der Waals surface area (Å²) in [5, 5.41) is 8.34. The van der Waals surface area contributed by atoms with Crippen LogP contribution in [0.5, 0.6) is 0 Å². The molecule has 1 rings (SSSR count). The topological polar surface area (TPSA) is 23.9 Å². The lowest BCUT2D eigenvalue weighted by Crippen LogP contribution is -2.34. The molecule has 1 heteroatoms. The molecule has 1 saturated carbocycles. The van der Waals surface area contributed by atoms with Crippen LogP contribution in [-0.2, 0) is 0 Å². The highest BCUT2D eigenvalue weighted by Gasteiger charge is 2.35. The van der Waals surface area contributed by atoms with Crippen LogP contribution in [0.15, 0.2) is 11.6 Å². The zero-order valence-electron chi connectivity index (χ0n) is 12.4. The summed E-state index contributed by atoms with van der Waals surface area (Å²) in [6, 6.07) is 0. The summed E-state index contributed by atoms with van der Waals surface area (Å²) in [7, 11) is 0. The van der Waals surface area contributed by atoms with Gasteiger partial charge in [0.25, 0.3) is 0 Å². The molecule has 0 aromatic heterocycles. The van der Waals surface area contributed by atoms with E-state index in [0.29, 0.717) is 0 Å². The first-order valence-corrected chi connectivity index (χ1v) is 7.05. The van der Waals surface area contributed by atoms with Crippen molar-refractivity contribution >= 4 is 5.71 Å². The van der Waals surface area contributed by atoms with E-state index < -0.39 is 0 Å². The van der Waals surface area contributed by atoms with Gasteiger partial charge in [0, 0.05) is 11.1 Å². The first-order chi connectivity index (χ1) is 7.77. The van der Waals surface area contributed by atoms with Gasteiger partial charge in [0.1, 0.15) is 0 Å². The molecule has 0 saturated heterocycles. The van der Waals surface area contributed by atoms with Crippen molar-refractivity contribution in [1.82, 2.24) is 0 Å². The molecule has 1 nitrogen and oxygen atoms in total. The monoisotopic (exact) mass is 235 g/mol. The molecular weight excluding hydrogens is 206 g/mol. The Balaban J connectivity index is 2.69. The fourth-order valence-electron chi connectivity index (χ4n) is 2.74.